The lowest BCUT2D eigenvalue weighted by atomic mass is 10.0. The summed E-state index contributed by atoms with van der Waals surface area (Å²) < 4.78 is 33.5. The lowest BCUT2D eigenvalue weighted by Gasteiger charge is -2.43. The van der Waals surface area contributed by atoms with Gasteiger partial charge in [0.05, 0.1) is 24.8 Å². The van der Waals surface area contributed by atoms with Crippen molar-refractivity contribution in [1.29, 1.82) is 0 Å². The van der Waals surface area contributed by atoms with Crippen molar-refractivity contribution in [3.63, 3.8) is 0 Å². The lowest BCUT2D eigenvalue weighted by Crippen LogP contribution is -2.53. The largest absolute Gasteiger partial charge is 0.494 e. The first-order chi connectivity index (χ1) is 22.4. The zero-order valence-electron chi connectivity index (χ0n) is 26.7. The van der Waals surface area contributed by atoms with Crippen molar-refractivity contribution in [2.75, 3.05) is 73.8 Å². The van der Waals surface area contributed by atoms with Crippen molar-refractivity contribution < 1.29 is 18.3 Å². The van der Waals surface area contributed by atoms with E-state index in [9.17, 15) is 13.6 Å². The first kappa shape index (κ1) is 31.9. The van der Waals surface area contributed by atoms with Crippen LogP contribution in [0.1, 0.15) is 55.7 Å². The Bertz CT molecular complexity index is 1510. The molecule has 1 amide bonds. The molecular formula is C34H44F2N8O2. The molecule has 2 saturated heterocycles. The van der Waals surface area contributed by atoms with E-state index >= 15 is 0 Å². The van der Waals surface area contributed by atoms with E-state index in [1.165, 1.54) is 45.3 Å². The van der Waals surface area contributed by atoms with Crippen LogP contribution < -0.4 is 25.6 Å². The highest BCUT2D eigenvalue weighted by molar-refractivity contribution is 5.99. The summed E-state index contributed by atoms with van der Waals surface area (Å²) in [6, 6.07) is 12.2. The van der Waals surface area contributed by atoms with Gasteiger partial charge in [-0.05, 0) is 68.2 Å². The van der Waals surface area contributed by atoms with Crippen LogP contribution in [0, 0.1) is 0 Å². The Balaban J connectivity index is 1.08. The van der Waals surface area contributed by atoms with Gasteiger partial charge in [-0.2, -0.15) is 4.98 Å². The predicted octanol–water partition coefficient (Wildman–Crippen LogP) is 5.66. The number of ether oxygens (including phenoxy) is 1. The third kappa shape index (κ3) is 7.33. The van der Waals surface area contributed by atoms with Gasteiger partial charge in [-0.25, -0.2) is 13.8 Å². The number of fused-ring (bicyclic) bond motifs is 1. The number of rotatable bonds is 12. The minimum absolute atomic E-state index is 0.0301. The second kappa shape index (κ2) is 14.6. The summed E-state index contributed by atoms with van der Waals surface area (Å²) in [5, 5.41) is 9.02. The van der Waals surface area contributed by atoms with Crippen LogP contribution in [0.5, 0.6) is 5.75 Å². The van der Waals surface area contributed by atoms with Crippen LogP contribution in [0.4, 0.5) is 37.6 Å². The molecule has 0 saturated carbocycles. The van der Waals surface area contributed by atoms with Crippen LogP contribution in [0.2, 0.25) is 0 Å². The number of benzene rings is 2. The molecule has 0 bridgehead atoms. The van der Waals surface area contributed by atoms with Gasteiger partial charge in [0.25, 0.3) is 6.43 Å². The molecule has 0 unspecified atom stereocenters. The molecular weight excluding hydrogens is 590 g/mol. The quantitative estimate of drug-likeness (QED) is 0.233. The number of nitrogens with one attached hydrogen (secondary N) is 3. The van der Waals surface area contributed by atoms with E-state index in [2.05, 4.69) is 47.5 Å². The summed E-state index contributed by atoms with van der Waals surface area (Å²) in [6.45, 7) is 10.1. The van der Waals surface area contributed by atoms with E-state index in [0.717, 1.165) is 54.9 Å². The van der Waals surface area contributed by atoms with E-state index in [4.69, 9.17) is 4.74 Å². The summed E-state index contributed by atoms with van der Waals surface area (Å²) in [4.78, 5) is 28.1. The number of carbonyl (C=O) groups is 1. The fourth-order valence-electron chi connectivity index (χ4n) is 6.75. The highest BCUT2D eigenvalue weighted by Gasteiger charge is 2.28. The van der Waals surface area contributed by atoms with E-state index < -0.39 is 6.43 Å². The molecule has 3 aromatic rings. The third-order valence-electron chi connectivity index (χ3n) is 9.40. The molecule has 3 aliphatic heterocycles. The molecule has 46 heavy (non-hydrogen) atoms. The van der Waals surface area contributed by atoms with Crippen molar-refractivity contribution >= 4 is 34.7 Å². The van der Waals surface area contributed by atoms with Crippen molar-refractivity contribution in [1.82, 2.24) is 19.8 Å². The third-order valence-corrected chi connectivity index (χ3v) is 9.40. The highest BCUT2D eigenvalue weighted by Crippen LogP contribution is 2.34. The predicted molar refractivity (Wildman–Crippen MR) is 178 cm³/mol. The van der Waals surface area contributed by atoms with Crippen molar-refractivity contribution in [3.05, 3.63) is 59.3 Å². The monoisotopic (exact) mass is 634 g/mol. The number of alkyl halides is 2. The first-order valence-electron chi connectivity index (χ1n) is 16.4. The average molecular weight is 635 g/mol. The number of piperazine rings is 1. The van der Waals surface area contributed by atoms with Gasteiger partial charge in [0.2, 0.25) is 11.9 Å². The molecule has 1 aromatic heterocycles. The number of likely N-dealkylation sites (tertiary alicyclic amines) is 1. The average Bonchev–Trinajstić information content (AvgIpc) is 3.47. The van der Waals surface area contributed by atoms with Crippen LogP contribution in [-0.4, -0.2) is 84.6 Å². The van der Waals surface area contributed by atoms with Gasteiger partial charge in [0.15, 0.2) is 0 Å². The maximum absolute atomic E-state index is 13.9. The van der Waals surface area contributed by atoms with Crippen molar-refractivity contribution in [3.8, 4) is 5.75 Å². The molecule has 0 spiro atoms. The minimum atomic E-state index is -2.76. The maximum atomic E-state index is 13.9. The summed E-state index contributed by atoms with van der Waals surface area (Å²) in [5.74, 6) is 0.734. The number of hydrogen-bond donors (Lipinski definition) is 3. The maximum Gasteiger partial charge on any atom is 0.268 e. The number of anilines is 5. The molecule has 2 aromatic carbocycles. The number of nitrogens with zero attached hydrogens (tertiary/aromatic N) is 5. The number of unbranched alkanes of at least 4 members (excludes halogenated alkanes) is 1. The number of aromatic nitrogens is 2. The molecule has 4 heterocycles. The topological polar surface area (TPSA) is 97.9 Å². The number of piperidine rings is 1. The Morgan fingerprint density at radius 1 is 1.09 bits per heavy atom. The summed E-state index contributed by atoms with van der Waals surface area (Å²) in [6.07, 6.45) is 3.69. The molecule has 3 aliphatic rings. The Hall–Kier alpha value is -4.03. The van der Waals surface area contributed by atoms with Gasteiger partial charge in [-0.1, -0.05) is 25.5 Å². The molecule has 10 nitrogen and oxygen atoms in total. The van der Waals surface area contributed by atoms with Crippen LogP contribution in [0.3, 0.4) is 0 Å². The molecule has 0 radical (unpaired) electrons. The highest BCUT2D eigenvalue weighted by atomic mass is 19.3. The normalized spacial score (nSPS) is 17.7. The SMILES string of the molecule is CCCCN1CCC(N2CCN(c3ccc(Nc4ncc(C(F)F)c(NCc5cccc6c5CC(=O)N6)n4)c(OC)c3)CC2)CC1. The van der Waals surface area contributed by atoms with Gasteiger partial charge in [-0.15, -0.1) is 0 Å². The number of methoxy groups -OCH3 is 1. The standard InChI is InChI=1S/C34H44F2N8O2/c1-3-4-12-42-13-10-24(11-14-42)43-15-17-44(18-16-43)25-8-9-29(30(19-25)46-2)40-34-38-22-27(32(35)36)33(41-34)37-21-23-6-5-7-28-26(23)20-31(45)39-28/h5-9,19,22,24,32H,3-4,10-18,20-21H2,1-2H3,(H,39,45)(H2,37,38,40,41). The Kier molecular flexibility index (Phi) is 10.1. The lowest BCUT2D eigenvalue weighted by molar-refractivity contribution is -0.115. The summed E-state index contributed by atoms with van der Waals surface area (Å²) in [7, 11) is 1.61. The van der Waals surface area contributed by atoms with Gasteiger partial charge in [0, 0.05) is 62.4 Å². The van der Waals surface area contributed by atoms with E-state index in [1.807, 2.05) is 36.4 Å². The van der Waals surface area contributed by atoms with Gasteiger partial charge in [-0.3, -0.25) is 9.69 Å². The zero-order chi connectivity index (χ0) is 32.0. The fourth-order valence-corrected chi connectivity index (χ4v) is 6.75. The van der Waals surface area contributed by atoms with Crippen molar-refractivity contribution in [2.24, 2.45) is 0 Å². The fraction of sp³-hybridized carbons (Fsp3) is 0.500. The van der Waals surface area contributed by atoms with Gasteiger partial charge >= 0.3 is 0 Å². The Morgan fingerprint density at radius 3 is 2.63 bits per heavy atom. The van der Waals surface area contributed by atoms with Crippen LogP contribution in [0.25, 0.3) is 0 Å². The van der Waals surface area contributed by atoms with E-state index in [1.54, 1.807) is 7.11 Å². The molecule has 12 heteroatoms. The Labute approximate surface area is 269 Å². The second-order valence-electron chi connectivity index (χ2n) is 12.3. The molecule has 3 N–H and O–H groups in total. The van der Waals surface area contributed by atoms with E-state index in [0.29, 0.717) is 17.5 Å². The van der Waals surface area contributed by atoms with Crippen LogP contribution in [0.15, 0.2) is 42.6 Å². The molecule has 6 rings (SSSR count). The minimum Gasteiger partial charge on any atom is -0.494 e. The van der Waals surface area contributed by atoms with Gasteiger partial charge < -0.3 is 30.5 Å². The van der Waals surface area contributed by atoms with E-state index in [-0.39, 0.29) is 36.2 Å². The molecule has 0 atom stereocenters. The van der Waals surface area contributed by atoms with Crippen molar-refractivity contribution in [2.45, 2.75) is 58.0 Å². The van der Waals surface area contributed by atoms with Crippen LogP contribution >= 0.6 is 0 Å². The first-order valence-corrected chi connectivity index (χ1v) is 16.4. The Morgan fingerprint density at radius 2 is 1.89 bits per heavy atom. The van der Waals surface area contributed by atoms with Gasteiger partial charge in [0.1, 0.15) is 11.6 Å². The number of halogens is 2. The molecule has 0 aliphatic carbocycles. The van der Waals surface area contributed by atoms with Crippen LogP contribution in [-0.2, 0) is 17.8 Å². The summed E-state index contributed by atoms with van der Waals surface area (Å²) >= 11 is 0. The number of amides is 1. The summed E-state index contributed by atoms with van der Waals surface area (Å²) in [5.41, 5.74) is 3.88. The number of carbonyl (C=O) groups excluding carboxylic acids is 1. The zero-order valence-corrected chi connectivity index (χ0v) is 26.7. The molecule has 246 valence electrons. The second-order valence-corrected chi connectivity index (χ2v) is 12.3. The number of hydrogen-bond acceptors (Lipinski definition) is 9. The smallest absolute Gasteiger partial charge is 0.268 e. The molecule has 2 fully saturated rings.